The Morgan fingerprint density at radius 2 is 2.00 bits per heavy atom. The third kappa shape index (κ3) is 2.66. The van der Waals surface area contributed by atoms with Gasteiger partial charge in [0.25, 0.3) is 0 Å². The second-order valence-electron chi connectivity index (χ2n) is 6.25. The average Bonchev–Trinajstić information content (AvgIpc) is 3.35. The molecular weight excluding hydrogens is 396 g/mol. The minimum Gasteiger partial charge on any atom is -0.497 e. The molecule has 28 heavy (non-hydrogen) atoms. The van der Waals surface area contributed by atoms with Crippen molar-refractivity contribution in [2.24, 2.45) is 0 Å². The molecule has 7 nitrogen and oxygen atoms in total. The van der Waals surface area contributed by atoms with Crippen LogP contribution in [0.3, 0.4) is 0 Å². The number of fused-ring (bicyclic) bond motifs is 3. The lowest BCUT2D eigenvalue weighted by molar-refractivity contribution is -0.121. The third-order valence-corrected chi connectivity index (χ3v) is 6.72. The van der Waals surface area contributed by atoms with Gasteiger partial charge in [0.05, 0.1) is 23.0 Å². The number of anilines is 1. The van der Waals surface area contributed by atoms with Gasteiger partial charge >= 0.3 is 0 Å². The van der Waals surface area contributed by atoms with Crippen molar-refractivity contribution >= 4 is 55.8 Å². The molecule has 2 amide bonds. The number of rotatable bonds is 4. The van der Waals surface area contributed by atoms with Crippen molar-refractivity contribution in [2.75, 3.05) is 12.0 Å². The molecule has 0 aliphatic carbocycles. The first-order chi connectivity index (χ1) is 13.7. The van der Waals surface area contributed by atoms with E-state index in [1.54, 1.807) is 42.7 Å². The maximum absolute atomic E-state index is 13.0. The van der Waals surface area contributed by atoms with Gasteiger partial charge in [-0.3, -0.25) is 14.0 Å². The molecule has 1 saturated heterocycles. The average molecular weight is 410 g/mol. The number of imide groups is 1. The number of nitrogens with zero attached hydrogens (tertiary/aromatic N) is 4. The lowest BCUT2D eigenvalue weighted by Gasteiger charge is -2.15. The van der Waals surface area contributed by atoms with Gasteiger partial charge in [0.2, 0.25) is 16.8 Å². The van der Waals surface area contributed by atoms with Gasteiger partial charge in [-0.05, 0) is 24.3 Å². The summed E-state index contributed by atoms with van der Waals surface area (Å²) >= 11 is 2.82. The lowest BCUT2D eigenvalue weighted by atomic mass is 10.3. The Balaban J connectivity index is 1.47. The summed E-state index contributed by atoms with van der Waals surface area (Å²) in [7, 11) is 1.55. The molecule has 140 valence electrons. The van der Waals surface area contributed by atoms with Crippen molar-refractivity contribution in [3.05, 3.63) is 48.5 Å². The van der Waals surface area contributed by atoms with E-state index in [4.69, 9.17) is 4.74 Å². The van der Waals surface area contributed by atoms with E-state index in [0.29, 0.717) is 16.6 Å². The number of para-hydroxylation sites is 1. The Hall–Kier alpha value is -2.91. The molecule has 2 aromatic heterocycles. The molecule has 0 radical (unpaired) electrons. The Bertz CT molecular complexity index is 1230. The number of benzene rings is 2. The number of carbonyl (C=O) groups is 2. The number of thiazole rings is 1. The van der Waals surface area contributed by atoms with Gasteiger partial charge in [0.1, 0.15) is 11.0 Å². The lowest BCUT2D eigenvalue weighted by Crippen LogP contribution is -2.31. The van der Waals surface area contributed by atoms with E-state index < -0.39 is 5.25 Å². The highest BCUT2D eigenvalue weighted by molar-refractivity contribution is 8.00. The molecule has 0 bridgehead atoms. The van der Waals surface area contributed by atoms with Crippen LogP contribution in [0.2, 0.25) is 0 Å². The van der Waals surface area contributed by atoms with Crippen molar-refractivity contribution in [1.29, 1.82) is 0 Å². The quantitative estimate of drug-likeness (QED) is 0.480. The van der Waals surface area contributed by atoms with Crippen LogP contribution in [0.4, 0.5) is 5.69 Å². The molecule has 0 spiro atoms. The van der Waals surface area contributed by atoms with Crippen LogP contribution in [0.15, 0.2) is 53.7 Å². The fraction of sp³-hybridized carbons (Fsp3) is 0.158. The highest BCUT2D eigenvalue weighted by Crippen LogP contribution is 2.36. The summed E-state index contributed by atoms with van der Waals surface area (Å²) in [6.45, 7) is 0. The first-order valence-electron chi connectivity index (χ1n) is 8.56. The fourth-order valence-electron chi connectivity index (χ4n) is 3.28. The van der Waals surface area contributed by atoms with Crippen LogP contribution in [0, 0.1) is 0 Å². The molecule has 1 aliphatic rings. The van der Waals surface area contributed by atoms with Gasteiger partial charge in [0, 0.05) is 12.5 Å². The molecule has 1 aliphatic heterocycles. The second kappa shape index (κ2) is 6.61. The molecule has 3 heterocycles. The first kappa shape index (κ1) is 17.2. The molecule has 1 unspecified atom stereocenters. The zero-order valence-electron chi connectivity index (χ0n) is 14.7. The van der Waals surface area contributed by atoms with Crippen LogP contribution in [0.25, 0.3) is 15.2 Å². The summed E-state index contributed by atoms with van der Waals surface area (Å²) in [5.41, 5.74) is 1.52. The minimum atomic E-state index is -0.537. The van der Waals surface area contributed by atoms with E-state index in [9.17, 15) is 9.59 Å². The van der Waals surface area contributed by atoms with E-state index in [1.807, 2.05) is 28.7 Å². The number of hydrogen-bond donors (Lipinski definition) is 0. The smallest absolute Gasteiger partial charge is 0.247 e. The number of ether oxygens (including phenoxy) is 1. The van der Waals surface area contributed by atoms with Crippen molar-refractivity contribution in [1.82, 2.24) is 14.6 Å². The van der Waals surface area contributed by atoms with Crippen molar-refractivity contribution in [3.63, 3.8) is 0 Å². The molecule has 9 heteroatoms. The Kier molecular flexibility index (Phi) is 4.06. The number of methoxy groups -OCH3 is 1. The van der Waals surface area contributed by atoms with E-state index in [-0.39, 0.29) is 18.2 Å². The summed E-state index contributed by atoms with van der Waals surface area (Å²) in [4.78, 5) is 27.5. The first-order valence-corrected chi connectivity index (χ1v) is 10.3. The number of hydrogen-bond acceptors (Lipinski definition) is 7. The molecule has 4 aromatic rings. The molecule has 1 atom stereocenters. The molecule has 0 saturated carbocycles. The fourth-order valence-corrected chi connectivity index (χ4v) is 5.36. The molecule has 1 fully saturated rings. The van der Waals surface area contributed by atoms with Gasteiger partial charge < -0.3 is 4.74 Å². The molecule has 5 rings (SSSR count). The number of amides is 2. The zero-order valence-corrected chi connectivity index (χ0v) is 16.4. The minimum absolute atomic E-state index is 0.123. The second-order valence-corrected chi connectivity index (χ2v) is 8.43. The molecular formula is C19H14N4O3S2. The summed E-state index contributed by atoms with van der Waals surface area (Å²) in [6.07, 6.45) is 0.123. The number of aromatic nitrogens is 3. The van der Waals surface area contributed by atoms with E-state index in [2.05, 4.69) is 10.2 Å². The van der Waals surface area contributed by atoms with Crippen molar-refractivity contribution in [2.45, 2.75) is 16.8 Å². The summed E-state index contributed by atoms with van der Waals surface area (Å²) in [6, 6.07) is 14.9. The summed E-state index contributed by atoms with van der Waals surface area (Å²) in [5.74, 6) is 0.115. The van der Waals surface area contributed by atoms with Crippen LogP contribution in [-0.2, 0) is 9.59 Å². The number of thioether (sulfide) groups is 1. The van der Waals surface area contributed by atoms with Crippen LogP contribution in [0.1, 0.15) is 6.42 Å². The molecule has 0 N–H and O–H groups in total. The van der Waals surface area contributed by atoms with Crippen LogP contribution < -0.4 is 9.64 Å². The Morgan fingerprint density at radius 3 is 2.86 bits per heavy atom. The molecule has 2 aromatic carbocycles. The Labute approximate surface area is 167 Å². The predicted octanol–water partition coefficient (Wildman–Crippen LogP) is 3.38. The summed E-state index contributed by atoms with van der Waals surface area (Å²) < 4.78 is 8.24. The van der Waals surface area contributed by atoms with Gasteiger partial charge in [-0.1, -0.05) is 41.3 Å². The van der Waals surface area contributed by atoms with Crippen LogP contribution >= 0.6 is 23.1 Å². The monoisotopic (exact) mass is 410 g/mol. The van der Waals surface area contributed by atoms with E-state index >= 15 is 0 Å². The standard InChI is InChI=1S/C19H14N4O3S2/c1-26-12-6-4-5-11(9-12)22-16(24)10-15(17(22)25)28-19-21-20-18-23(19)13-7-2-3-8-14(13)27-18/h2-9,15H,10H2,1H3. The van der Waals surface area contributed by atoms with Gasteiger partial charge in [0.15, 0.2) is 5.16 Å². The van der Waals surface area contributed by atoms with E-state index in [1.165, 1.54) is 16.7 Å². The zero-order chi connectivity index (χ0) is 19.3. The third-order valence-electron chi connectivity index (χ3n) is 4.58. The van der Waals surface area contributed by atoms with Crippen LogP contribution in [0.5, 0.6) is 5.75 Å². The SMILES string of the molecule is COc1cccc(N2C(=O)CC(Sc3nnc4sc5ccccc5n34)C2=O)c1. The highest BCUT2D eigenvalue weighted by atomic mass is 32.2. The normalized spacial score (nSPS) is 17.2. The van der Waals surface area contributed by atoms with E-state index in [0.717, 1.165) is 15.2 Å². The van der Waals surface area contributed by atoms with Crippen LogP contribution in [-0.4, -0.2) is 38.8 Å². The highest BCUT2D eigenvalue weighted by Gasteiger charge is 2.41. The number of carbonyl (C=O) groups excluding carboxylic acids is 2. The van der Waals surface area contributed by atoms with Crippen molar-refractivity contribution in [3.8, 4) is 5.75 Å². The van der Waals surface area contributed by atoms with Gasteiger partial charge in [-0.25, -0.2) is 4.90 Å². The summed E-state index contributed by atoms with van der Waals surface area (Å²) in [5, 5.41) is 8.54. The topological polar surface area (TPSA) is 76.8 Å². The maximum Gasteiger partial charge on any atom is 0.247 e. The van der Waals surface area contributed by atoms with Gasteiger partial charge in [-0.15, -0.1) is 10.2 Å². The largest absolute Gasteiger partial charge is 0.497 e. The maximum atomic E-state index is 13.0. The Morgan fingerprint density at radius 1 is 1.14 bits per heavy atom. The van der Waals surface area contributed by atoms with Crippen molar-refractivity contribution < 1.29 is 14.3 Å². The van der Waals surface area contributed by atoms with Gasteiger partial charge in [-0.2, -0.15) is 0 Å². The predicted molar refractivity (Wildman–Crippen MR) is 108 cm³/mol.